The molecule has 0 radical (unpaired) electrons. The predicted molar refractivity (Wildman–Crippen MR) is 198 cm³/mol. The first kappa shape index (κ1) is 37.1. The minimum absolute atomic E-state index is 0.0493. The minimum Gasteiger partial charge on any atom is -0.462 e. The SMILES string of the molecule is CC=C(CCO)C(=O)OC1(C)CC=C2CSSC3C=CC([NH2+]C)C4CN(C(=O)CC5C[NH2+]C(N)CC5C2C12CC1CC5CCC(=O)OC5CC1O2)C34. The van der Waals surface area contributed by atoms with Crippen LogP contribution in [0.15, 0.2) is 35.5 Å². The number of hydrogen-bond acceptors (Lipinski definition) is 10. The fourth-order valence-electron chi connectivity index (χ4n) is 11.6. The van der Waals surface area contributed by atoms with Crippen molar-refractivity contribution < 1.29 is 44.3 Å². The van der Waals surface area contributed by atoms with E-state index in [0.717, 1.165) is 44.5 Å². The molecule has 1 saturated carbocycles. The molecule has 5 saturated heterocycles. The van der Waals surface area contributed by atoms with E-state index < -0.39 is 17.2 Å². The van der Waals surface area contributed by atoms with E-state index in [4.69, 9.17) is 19.9 Å². The van der Waals surface area contributed by atoms with Gasteiger partial charge in [-0.2, -0.15) is 0 Å². The molecule has 0 aromatic carbocycles. The Balaban J connectivity index is 1.20. The van der Waals surface area contributed by atoms with E-state index >= 15 is 0 Å². The van der Waals surface area contributed by atoms with E-state index in [-0.39, 0.29) is 78.2 Å². The van der Waals surface area contributed by atoms with Crippen molar-refractivity contribution in [3.8, 4) is 0 Å². The van der Waals surface area contributed by atoms with Crippen LogP contribution >= 0.6 is 21.6 Å². The van der Waals surface area contributed by atoms with Crippen molar-refractivity contribution in [1.29, 1.82) is 0 Å². The monoisotopic (exact) mass is 758 g/mol. The molecule has 14 atom stereocenters. The Morgan fingerprint density at radius 2 is 2.04 bits per heavy atom. The molecule has 0 aromatic rings. The van der Waals surface area contributed by atoms with Crippen molar-refractivity contribution in [3.05, 3.63) is 35.5 Å². The van der Waals surface area contributed by atoms with Crippen LogP contribution in [0.3, 0.4) is 0 Å². The lowest BCUT2D eigenvalue weighted by molar-refractivity contribution is -0.706. The maximum Gasteiger partial charge on any atom is 0.334 e. The third-order valence-corrected chi connectivity index (χ3v) is 17.0. The van der Waals surface area contributed by atoms with Gasteiger partial charge in [-0.05, 0) is 56.9 Å². The van der Waals surface area contributed by atoms with E-state index in [2.05, 4.69) is 47.7 Å². The number of piperidine rings is 1. The number of fused-ring (bicyclic) bond motifs is 6. The maximum atomic E-state index is 14.4. The molecule has 14 unspecified atom stereocenters. The van der Waals surface area contributed by atoms with Crippen LogP contribution in [0.25, 0.3) is 0 Å². The average molecular weight is 759 g/mol. The van der Waals surface area contributed by atoms with Crippen molar-refractivity contribution in [1.82, 2.24) is 4.90 Å². The van der Waals surface area contributed by atoms with Gasteiger partial charge in [0.2, 0.25) is 5.91 Å². The second kappa shape index (κ2) is 14.7. The number of hydrogen-bond donors (Lipinski definition) is 4. The maximum absolute atomic E-state index is 14.4. The fourth-order valence-corrected chi connectivity index (χ4v) is 14.5. The molecule has 52 heavy (non-hydrogen) atoms. The smallest absolute Gasteiger partial charge is 0.334 e. The molecule has 13 heteroatoms. The van der Waals surface area contributed by atoms with Gasteiger partial charge < -0.3 is 34.9 Å². The number of amides is 1. The lowest BCUT2D eigenvalue weighted by atomic mass is 9.56. The Kier molecular flexibility index (Phi) is 10.4. The summed E-state index contributed by atoms with van der Waals surface area (Å²) in [5, 5.41) is 14.5. The van der Waals surface area contributed by atoms with Crippen molar-refractivity contribution in [2.75, 3.05) is 32.5 Å². The first-order chi connectivity index (χ1) is 25.1. The quantitative estimate of drug-likeness (QED) is 0.140. The summed E-state index contributed by atoms with van der Waals surface area (Å²) in [7, 11) is 5.90. The molecule has 1 spiro atoms. The molecule has 8 aliphatic rings. The number of aliphatic hydroxyl groups is 1. The Morgan fingerprint density at radius 3 is 2.83 bits per heavy atom. The first-order valence-corrected chi connectivity index (χ1v) is 22.2. The molecule has 286 valence electrons. The summed E-state index contributed by atoms with van der Waals surface area (Å²) in [4.78, 5) is 42.9. The number of allylic oxidation sites excluding steroid dienone is 1. The fraction of sp³-hybridized carbons (Fsp3) is 0.769. The van der Waals surface area contributed by atoms with Gasteiger partial charge in [-0.15, -0.1) is 0 Å². The van der Waals surface area contributed by atoms with Gasteiger partial charge in [0.15, 0.2) is 0 Å². The largest absolute Gasteiger partial charge is 0.462 e. The Bertz CT molecular complexity index is 1520. The number of quaternary nitrogens is 2. The number of carbonyl (C=O) groups excluding carboxylic acids is 3. The van der Waals surface area contributed by atoms with Crippen LogP contribution in [0, 0.1) is 35.5 Å². The minimum atomic E-state index is -1.01. The molecule has 0 aromatic heterocycles. The molecule has 8 rings (SSSR count). The predicted octanol–water partition coefficient (Wildman–Crippen LogP) is 1.42. The first-order valence-electron chi connectivity index (χ1n) is 19.8. The number of likely N-dealkylation sites (N-methyl/N-ethyl adjacent to an activating group) is 1. The lowest BCUT2D eigenvalue weighted by Gasteiger charge is -2.57. The number of aliphatic hydroxyl groups excluding tert-OH is 1. The van der Waals surface area contributed by atoms with Crippen LogP contribution in [0.4, 0.5) is 0 Å². The number of rotatable bonds is 5. The van der Waals surface area contributed by atoms with Crippen LogP contribution in [0.1, 0.15) is 71.6 Å². The summed E-state index contributed by atoms with van der Waals surface area (Å²) in [6.07, 6.45) is 13.9. The molecule has 0 bridgehead atoms. The highest BCUT2D eigenvalue weighted by molar-refractivity contribution is 8.77. The van der Waals surface area contributed by atoms with E-state index in [1.165, 1.54) is 5.57 Å². The van der Waals surface area contributed by atoms with Crippen molar-refractivity contribution >= 4 is 39.4 Å². The molecule has 5 aliphatic heterocycles. The highest BCUT2D eigenvalue weighted by atomic mass is 33.1. The zero-order chi connectivity index (χ0) is 36.4. The molecule has 3 aliphatic carbocycles. The highest BCUT2D eigenvalue weighted by Gasteiger charge is 2.68. The highest BCUT2D eigenvalue weighted by Crippen LogP contribution is 2.62. The van der Waals surface area contributed by atoms with Gasteiger partial charge in [0.05, 0.1) is 36.9 Å². The van der Waals surface area contributed by atoms with Gasteiger partial charge in [0, 0.05) is 74.8 Å². The second-order valence-electron chi connectivity index (χ2n) is 17.0. The Hall–Kier alpha value is -1.87. The lowest BCUT2D eigenvalue weighted by Crippen LogP contribution is -2.96. The van der Waals surface area contributed by atoms with Gasteiger partial charge in [0.25, 0.3) is 0 Å². The summed E-state index contributed by atoms with van der Waals surface area (Å²) in [5.41, 5.74) is 6.70. The number of nitrogens with zero attached hydrogens (tertiary/aromatic N) is 1. The Morgan fingerprint density at radius 1 is 1.19 bits per heavy atom. The second-order valence-corrected chi connectivity index (χ2v) is 19.5. The normalized spacial score (nSPS) is 45.8. The Labute approximate surface area is 315 Å². The van der Waals surface area contributed by atoms with Gasteiger partial charge in [-0.3, -0.25) is 15.3 Å². The van der Waals surface area contributed by atoms with Crippen LogP contribution in [-0.4, -0.2) is 107 Å². The summed E-state index contributed by atoms with van der Waals surface area (Å²) in [6, 6.07) is 0.617. The number of nitrogens with two attached hydrogens (primary N) is 3. The molecule has 7 N–H and O–H groups in total. The van der Waals surface area contributed by atoms with Crippen LogP contribution in [-0.2, 0) is 28.6 Å². The molecular weight excluding hydrogens is 701 g/mol. The third kappa shape index (κ3) is 6.31. The van der Waals surface area contributed by atoms with Crippen molar-refractivity contribution in [3.63, 3.8) is 0 Å². The van der Waals surface area contributed by atoms with E-state index in [0.29, 0.717) is 49.1 Å². The summed E-state index contributed by atoms with van der Waals surface area (Å²) >= 11 is 0. The number of esters is 2. The van der Waals surface area contributed by atoms with Gasteiger partial charge in [-0.1, -0.05) is 45.4 Å². The number of ether oxygens (including phenoxy) is 3. The molecule has 1 amide bonds. The summed E-state index contributed by atoms with van der Waals surface area (Å²) in [5.74, 6) is 1.52. The van der Waals surface area contributed by atoms with E-state index in [1.54, 1.807) is 6.08 Å². The standard InChI is InChI=1S/C39H56N4O7S2/c1-4-21(10-12-44)37(47)50-38(2)11-9-23-20-51-52-31-7-6-28(41-3)27-19-43(36(27)31)33(45)14-25-18-42-32(40)15-26(25)35(23)39(38)17-24-13-22-5-8-34(46)48-29(22)16-30(24)49-39/h4,6-7,9,22,24-32,35-36,41-42,44H,5,8,10-20,40H2,1-3H3/p+2. The number of carbonyl (C=O) groups is 3. The average Bonchev–Trinajstić information content (AvgIpc) is 3.47. The van der Waals surface area contributed by atoms with Gasteiger partial charge in [0.1, 0.15) is 29.5 Å². The van der Waals surface area contributed by atoms with Gasteiger partial charge in [-0.25, -0.2) is 4.79 Å². The molecular formula is C39H58N4O7S2+2. The third-order valence-electron chi connectivity index (χ3n) is 14.3. The summed E-state index contributed by atoms with van der Waals surface area (Å²) < 4.78 is 20.2. The topological polar surface area (TPSA) is 162 Å². The molecule has 5 heterocycles. The van der Waals surface area contributed by atoms with Crippen LogP contribution < -0.4 is 16.4 Å². The molecule has 6 fully saturated rings. The van der Waals surface area contributed by atoms with E-state index in [1.807, 2.05) is 28.5 Å². The van der Waals surface area contributed by atoms with Gasteiger partial charge >= 0.3 is 11.9 Å². The zero-order valence-electron chi connectivity index (χ0n) is 30.8. The van der Waals surface area contributed by atoms with Crippen LogP contribution in [0.5, 0.6) is 0 Å². The van der Waals surface area contributed by atoms with Crippen molar-refractivity contribution in [2.24, 2.45) is 41.2 Å². The van der Waals surface area contributed by atoms with Crippen LogP contribution in [0.2, 0.25) is 0 Å². The van der Waals surface area contributed by atoms with E-state index in [9.17, 15) is 19.5 Å². The summed E-state index contributed by atoms with van der Waals surface area (Å²) in [6.45, 7) is 5.29. The van der Waals surface area contributed by atoms with Crippen molar-refractivity contribution in [2.45, 2.75) is 119 Å². The molecule has 11 nitrogen and oxygen atoms in total. The zero-order valence-corrected chi connectivity index (χ0v) is 32.5.